The van der Waals surface area contributed by atoms with Crippen LogP contribution in [0.15, 0.2) is 37.1 Å². The van der Waals surface area contributed by atoms with Crippen LogP contribution in [0.25, 0.3) is 11.0 Å². The van der Waals surface area contributed by atoms with Crippen LogP contribution >= 0.6 is 0 Å². The van der Waals surface area contributed by atoms with Crippen molar-refractivity contribution in [2.75, 3.05) is 30.0 Å². The molecular formula is C20H23N7O. The summed E-state index contributed by atoms with van der Waals surface area (Å²) in [5.74, 6) is 2.58. The van der Waals surface area contributed by atoms with E-state index in [0.29, 0.717) is 18.0 Å². The van der Waals surface area contributed by atoms with Crippen molar-refractivity contribution < 1.29 is 4.74 Å². The van der Waals surface area contributed by atoms with E-state index >= 15 is 0 Å². The Morgan fingerprint density at radius 2 is 1.75 bits per heavy atom. The molecule has 8 nitrogen and oxygen atoms in total. The van der Waals surface area contributed by atoms with Gasteiger partial charge in [-0.25, -0.2) is 24.9 Å². The Morgan fingerprint density at radius 3 is 2.54 bits per heavy atom. The Bertz CT molecular complexity index is 964. The zero-order valence-electron chi connectivity index (χ0n) is 15.9. The highest BCUT2D eigenvalue weighted by Crippen LogP contribution is 2.36. The second-order valence-electron chi connectivity index (χ2n) is 7.35. The maximum atomic E-state index is 5.30. The van der Waals surface area contributed by atoms with E-state index in [1.54, 1.807) is 26.0 Å². The first-order chi connectivity index (χ1) is 13.8. The molecule has 0 bridgehead atoms. The van der Waals surface area contributed by atoms with Crippen molar-refractivity contribution >= 4 is 22.7 Å². The summed E-state index contributed by atoms with van der Waals surface area (Å²) < 4.78 is 5.30. The van der Waals surface area contributed by atoms with Crippen molar-refractivity contribution in [2.24, 2.45) is 0 Å². The van der Waals surface area contributed by atoms with Crippen LogP contribution < -0.4 is 14.5 Å². The van der Waals surface area contributed by atoms with Gasteiger partial charge in [0.1, 0.15) is 24.3 Å². The van der Waals surface area contributed by atoms with Crippen molar-refractivity contribution in [2.45, 2.75) is 37.8 Å². The lowest BCUT2D eigenvalue weighted by atomic mass is 10.0. The van der Waals surface area contributed by atoms with Crippen molar-refractivity contribution in [1.29, 1.82) is 0 Å². The SMILES string of the molecule is COc1cc(N(C2CC2)C2CCN(c3ncnc4ncccc34)CC2)ncn1. The number of aromatic nitrogens is 5. The van der Waals surface area contributed by atoms with E-state index in [1.807, 2.05) is 18.2 Å². The molecule has 1 saturated carbocycles. The second-order valence-corrected chi connectivity index (χ2v) is 7.35. The number of hydrogen-bond acceptors (Lipinski definition) is 8. The Hall–Kier alpha value is -3.03. The van der Waals surface area contributed by atoms with Gasteiger partial charge in [0.2, 0.25) is 5.88 Å². The first-order valence-corrected chi connectivity index (χ1v) is 9.78. The number of methoxy groups -OCH3 is 1. The van der Waals surface area contributed by atoms with Gasteiger partial charge >= 0.3 is 0 Å². The molecule has 1 aliphatic heterocycles. The molecule has 4 heterocycles. The van der Waals surface area contributed by atoms with Crippen molar-refractivity contribution in [3.05, 3.63) is 37.1 Å². The molecule has 8 heteroatoms. The number of ether oxygens (including phenoxy) is 1. The minimum absolute atomic E-state index is 0.467. The van der Waals surface area contributed by atoms with Crippen LogP contribution in [0.4, 0.5) is 11.6 Å². The Morgan fingerprint density at radius 1 is 0.964 bits per heavy atom. The molecule has 5 rings (SSSR count). The van der Waals surface area contributed by atoms with Gasteiger partial charge in [-0.15, -0.1) is 0 Å². The van der Waals surface area contributed by atoms with Gasteiger partial charge in [0.15, 0.2) is 5.65 Å². The van der Waals surface area contributed by atoms with E-state index in [4.69, 9.17) is 4.74 Å². The maximum absolute atomic E-state index is 5.30. The predicted octanol–water partition coefficient (Wildman–Crippen LogP) is 2.46. The molecule has 144 valence electrons. The van der Waals surface area contributed by atoms with Crippen LogP contribution in [0.3, 0.4) is 0 Å². The number of nitrogens with zero attached hydrogens (tertiary/aromatic N) is 7. The van der Waals surface area contributed by atoms with Gasteiger partial charge in [-0.3, -0.25) is 0 Å². The van der Waals surface area contributed by atoms with Gasteiger partial charge in [0, 0.05) is 37.4 Å². The number of hydrogen-bond donors (Lipinski definition) is 0. The summed E-state index contributed by atoms with van der Waals surface area (Å²) in [6.07, 6.45) is 9.57. The summed E-state index contributed by atoms with van der Waals surface area (Å²) in [4.78, 5) is 26.7. The molecule has 2 fully saturated rings. The maximum Gasteiger partial charge on any atom is 0.218 e. The average molecular weight is 377 g/mol. The highest BCUT2D eigenvalue weighted by Gasteiger charge is 2.37. The number of piperidine rings is 1. The van der Waals surface area contributed by atoms with Crippen LogP contribution in [-0.2, 0) is 0 Å². The molecule has 28 heavy (non-hydrogen) atoms. The van der Waals surface area contributed by atoms with Gasteiger partial charge < -0.3 is 14.5 Å². The molecular weight excluding hydrogens is 354 g/mol. The fraction of sp³-hybridized carbons (Fsp3) is 0.450. The lowest BCUT2D eigenvalue weighted by Gasteiger charge is -2.40. The fourth-order valence-electron chi connectivity index (χ4n) is 4.10. The molecule has 1 aliphatic carbocycles. The Kier molecular flexibility index (Phi) is 4.38. The topological polar surface area (TPSA) is 80.2 Å². The van der Waals surface area contributed by atoms with Crippen molar-refractivity contribution in [1.82, 2.24) is 24.9 Å². The van der Waals surface area contributed by atoms with Crippen LogP contribution in [0, 0.1) is 0 Å². The summed E-state index contributed by atoms with van der Waals surface area (Å²) in [7, 11) is 1.65. The van der Waals surface area contributed by atoms with Gasteiger partial charge in [-0.2, -0.15) is 0 Å². The molecule has 2 aliphatic rings. The molecule has 0 atom stereocenters. The number of fused-ring (bicyclic) bond motifs is 1. The van der Waals surface area contributed by atoms with Crippen LogP contribution in [-0.4, -0.2) is 57.2 Å². The summed E-state index contributed by atoms with van der Waals surface area (Å²) >= 11 is 0. The third kappa shape index (κ3) is 3.19. The van der Waals surface area contributed by atoms with Crippen molar-refractivity contribution in [3.63, 3.8) is 0 Å². The van der Waals surface area contributed by atoms with Gasteiger partial charge in [0.05, 0.1) is 12.5 Å². The molecule has 0 aromatic carbocycles. The molecule has 0 N–H and O–H groups in total. The van der Waals surface area contributed by atoms with E-state index < -0.39 is 0 Å². The molecule has 3 aromatic rings. The smallest absolute Gasteiger partial charge is 0.218 e. The van der Waals surface area contributed by atoms with Crippen LogP contribution in [0.2, 0.25) is 0 Å². The molecule has 3 aromatic heterocycles. The standard InChI is InChI=1S/C20H23N7O/c1-28-18-11-17(22-12-23-18)27(14-4-5-14)15-6-9-26(10-7-15)20-16-3-2-8-21-19(16)24-13-25-20/h2-3,8,11-15H,4-7,9-10H2,1H3. The van der Waals surface area contributed by atoms with Gasteiger partial charge in [-0.1, -0.05) is 0 Å². The lowest BCUT2D eigenvalue weighted by molar-refractivity contribution is 0.395. The molecule has 1 saturated heterocycles. The third-order valence-corrected chi connectivity index (χ3v) is 5.59. The number of anilines is 2. The fourth-order valence-corrected chi connectivity index (χ4v) is 4.10. The largest absolute Gasteiger partial charge is 0.481 e. The molecule has 0 radical (unpaired) electrons. The first-order valence-electron chi connectivity index (χ1n) is 9.78. The number of pyridine rings is 1. The average Bonchev–Trinajstić information content (AvgIpc) is 3.59. The van der Waals surface area contributed by atoms with E-state index in [2.05, 4.69) is 34.7 Å². The number of rotatable bonds is 5. The predicted molar refractivity (Wildman–Crippen MR) is 107 cm³/mol. The van der Waals surface area contributed by atoms with Crippen molar-refractivity contribution in [3.8, 4) is 5.88 Å². The van der Waals surface area contributed by atoms with E-state index in [-0.39, 0.29) is 0 Å². The highest BCUT2D eigenvalue weighted by atomic mass is 16.5. The summed E-state index contributed by atoms with van der Waals surface area (Å²) in [5, 5.41) is 1.02. The Labute approximate surface area is 163 Å². The normalized spacial score (nSPS) is 17.7. The summed E-state index contributed by atoms with van der Waals surface area (Å²) in [6, 6.07) is 7.00. The highest BCUT2D eigenvalue weighted by molar-refractivity contribution is 5.86. The second kappa shape index (κ2) is 7.18. The minimum Gasteiger partial charge on any atom is -0.481 e. The van der Waals surface area contributed by atoms with Crippen LogP contribution in [0.5, 0.6) is 5.88 Å². The summed E-state index contributed by atoms with van der Waals surface area (Å²) in [6.45, 7) is 1.91. The van der Waals surface area contributed by atoms with Gasteiger partial charge in [-0.05, 0) is 37.8 Å². The third-order valence-electron chi connectivity index (χ3n) is 5.59. The lowest BCUT2D eigenvalue weighted by Crippen LogP contribution is -2.46. The van der Waals surface area contributed by atoms with E-state index in [9.17, 15) is 0 Å². The minimum atomic E-state index is 0.467. The molecule has 0 unspecified atom stereocenters. The summed E-state index contributed by atoms with van der Waals surface area (Å²) in [5.41, 5.74) is 0.752. The Balaban J connectivity index is 1.35. The van der Waals surface area contributed by atoms with E-state index in [1.165, 1.54) is 12.8 Å². The van der Waals surface area contributed by atoms with E-state index in [0.717, 1.165) is 48.6 Å². The quantitative estimate of drug-likeness (QED) is 0.671. The van der Waals surface area contributed by atoms with Gasteiger partial charge in [0.25, 0.3) is 0 Å². The zero-order valence-corrected chi connectivity index (χ0v) is 15.9. The van der Waals surface area contributed by atoms with Crippen LogP contribution in [0.1, 0.15) is 25.7 Å². The monoisotopic (exact) mass is 377 g/mol. The molecule has 0 spiro atoms. The molecule has 0 amide bonds. The first kappa shape index (κ1) is 17.1. The zero-order chi connectivity index (χ0) is 18.9.